The highest BCUT2D eigenvalue weighted by molar-refractivity contribution is 7.09. The molecule has 2 heterocycles. The van der Waals surface area contributed by atoms with Gasteiger partial charge in [-0.05, 0) is 13.8 Å². The molecule has 2 aromatic heterocycles. The third-order valence-electron chi connectivity index (χ3n) is 2.16. The van der Waals surface area contributed by atoms with E-state index >= 15 is 0 Å². The highest BCUT2D eigenvalue weighted by atomic mass is 35.5. The summed E-state index contributed by atoms with van der Waals surface area (Å²) < 4.78 is 0. The van der Waals surface area contributed by atoms with E-state index in [1.54, 1.807) is 17.5 Å². The van der Waals surface area contributed by atoms with Crippen LogP contribution in [0.1, 0.15) is 18.9 Å². The molecule has 7 heteroatoms. The van der Waals surface area contributed by atoms with Crippen molar-refractivity contribution in [2.75, 3.05) is 11.1 Å². The molecular formula is C10H12ClN5S. The van der Waals surface area contributed by atoms with Gasteiger partial charge in [0, 0.05) is 11.6 Å². The van der Waals surface area contributed by atoms with Gasteiger partial charge in [0.2, 0.25) is 5.95 Å². The summed E-state index contributed by atoms with van der Waals surface area (Å²) in [6.07, 6.45) is 3.24. The lowest BCUT2D eigenvalue weighted by molar-refractivity contribution is 0.601. The quantitative estimate of drug-likeness (QED) is 0.895. The van der Waals surface area contributed by atoms with E-state index in [1.165, 1.54) is 6.20 Å². The standard InChI is InChI=1S/C10H12ClN5S/c1-10(2,8-13-3-4-17-8)16-7-6(11)5-14-9(12)15-7/h3-5H,1-2H3,(H3,12,14,15,16). The highest BCUT2D eigenvalue weighted by Crippen LogP contribution is 2.29. The number of nitrogens with one attached hydrogen (secondary N) is 1. The van der Waals surface area contributed by atoms with Crippen LogP contribution in [-0.4, -0.2) is 15.0 Å². The topological polar surface area (TPSA) is 76.7 Å². The predicted octanol–water partition coefficient (Wildman–Crippen LogP) is 2.52. The van der Waals surface area contributed by atoms with Crippen molar-refractivity contribution < 1.29 is 0 Å². The highest BCUT2D eigenvalue weighted by Gasteiger charge is 2.24. The summed E-state index contributed by atoms with van der Waals surface area (Å²) in [6, 6.07) is 0. The Morgan fingerprint density at radius 2 is 2.18 bits per heavy atom. The van der Waals surface area contributed by atoms with Gasteiger partial charge in [0.1, 0.15) is 10.0 Å². The van der Waals surface area contributed by atoms with Gasteiger partial charge in [0.15, 0.2) is 5.82 Å². The van der Waals surface area contributed by atoms with Crippen molar-refractivity contribution in [3.8, 4) is 0 Å². The Morgan fingerprint density at radius 3 is 2.82 bits per heavy atom. The fourth-order valence-corrected chi connectivity index (χ4v) is 2.21. The maximum atomic E-state index is 6.00. The zero-order chi connectivity index (χ0) is 12.5. The number of nitrogens with zero attached hydrogens (tertiary/aromatic N) is 3. The maximum absolute atomic E-state index is 6.00. The second kappa shape index (κ2) is 4.46. The first kappa shape index (κ1) is 12.1. The lowest BCUT2D eigenvalue weighted by Gasteiger charge is -2.24. The second-order valence-electron chi connectivity index (χ2n) is 4.01. The molecule has 0 aliphatic heterocycles. The number of nitrogen functional groups attached to an aromatic ring is 1. The maximum Gasteiger partial charge on any atom is 0.222 e. The Kier molecular flexibility index (Phi) is 3.17. The van der Waals surface area contributed by atoms with Gasteiger partial charge in [-0.1, -0.05) is 11.6 Å². The van der Waals surface area contributed by atoms with Crippen molar-refractivity contribution in [3.63, 3.8) is 0 Å². The number of aromatic nitrogens is 3. The average Bonchev–Trinajstić information content (AvgIpc) is 2.77. The number of halogens is 1. The lowest BCUT2D eigenvalue weighted by atomic mass is 10.1. The van der Waals surface area contributed by atoms with Crippen LogP contribution >= 0.6 is 22.9 Å². The molecule has 0 aromatic carbocycles. The van der Waals surface area contributed by atoms with E-state index < -0.39 is 0 Å². The summed E-state index contributed by atoms with van der Waals surface area (Å²) in [5, 5.41) is 6.52. The fourth-order valence-electron chi connectivity index (χ4n) is 1.35. The van der Waals surface area contributed by atoms with Crippen LogP contribution in [-0.2, 0) is 5.54 Å². The van der Waals surface area contributed by atoms with E-state index in [2.05, 4.69) is 20.3 Å². The van der Waals surface area contributed by atoms with E-state index in [9.17, 15) is 0 Å². The molecule has 0 bridgehead atoms. The van der Waals surface area contributed by atoms with Crippen molar-refractivity contribution in [1.29, 1.82) is 0 Å². The first-order valence-corrected chi connectivity index (χ1v) is 6.21. The molecular weight excluding hydrogens is 258 g/mol. The molecule has 0 unspecified atom stereocenters. The Balaban J connectivity index is 2.29. The molecule has 2 rings (SSSR count). The molecule has 2 aromatic rings. The van der Waals surface area contributed by atoms with Crippen LogP contribution < -0.4 is 11.1 Å². The van der Waals surface area contributed by atoms with E-state index in [0.29, 0.717) is 10.8 Å². The number of anilines is 2. The van der Waals surface area contributed by atoms with Crippen LogP contribution in [0.15, 0.2) is 17.8 Å². The molecule has 0 radical (unpaired) electrons. The molecule has 3 N–H and O–H groups in total. The summed E-state index contributed by atoms with van der Waals surface area (Å²) in [5.74, 6) is 0.700. The number of nitrogens with two attached hydrogens (primary N) is 1. The fraction of sp³-hybridized carbons (Fsp3) is 0.300. The van der Waals surface area contributed by atoms with Crippen molar-refractivity contribution in [3.05, 3.63) is 27.8 Å². The summed E-state index contributed by atoms with van der Waals surface area (Å²) in [5.41, 5.74) is 5.17. The number of rotatable bonds is 3. The summed E-state index contributed by atoms with van der Waals surface area (Å²) in [4.78, 5) is 12.2. The molecule has 0 spiro atoms. The smallest absolute Gasteiger partial charge is 0.222 e. The van der Waals surface area contributed by atoms with Crippen molar-refractivity contribution >= 4 is 34.7 Å². The molecule has 0 aliphatic carbocycles. The molecule has 0 atom stereocenters. The van der Waals surface area contributed by atoms with Gasteiger partial charge >= 0.3 is 0 Å². The van der Waals surface area contributed by atoms with E-state index in [1.807, 2.05) is 19.2 Å². The predicted molar refractivity (Wildman–Crippen MR) is 70.2 cm³/mol. The Hall–Kier alpha value is -1.40. The summed E-state index contributed by atoms with van der Waals surface area (Å²) >= 11 is 7.57. The first-order chi connectivity index (χ1) is 7.99. The monoisotopic (exact) mass is 269 g/mol. The Labute approximate surface area is 108 Å². The van der Waals surface area contributed by atoms with E-state index in [-0.39, 0.29) is 11.5 Å². The van der Waals surface area contributed by atoms with Gasteiger partial charge in [0.25, 0.3) is 0 Å². The molecule has 5 nitrogen and oxygen atoms in total. The first-order valence-electron chi connectivity index (χ1n) is 4.95. The molecule has 0 fully saturated rings. The van der Waals surface area contributed by atoms with Crippen LogP contribution in [0.5, 0.6) is 0 Å². The molecule has 17 heavy (non-hydrogen) atoms. The molecule has 90 valence electrons. The van der Waals surface area contributed by atoms with Gasteiger partial charge in [-0.15, -0.1) is 11.3 Å². The van der Waals surface area contributed by atoms with Crippen LogP contribution in [0.2, 0.25) is 5.02 Å². The third-order valence-corrected chi connectivity index (χ3v) is 3.53. The van der Waals surface area contributed by atoms with Gasteiger partial charge in [-0.25, -0.2) is 9.97 Å². The minimum Gasteiger partial charge on any atom is -0.368 e. The largest absolute Gasteiger partial charge is 0.368 e. The van der Waals surface area contributed by atoms with Crippen molar-refractivity contribution in [2.45, 2.75) is 19.4 Å². The van der Waals surface area contributed by atoms with Crippen molar-refractivity contribution in [1.82, 2.24) is 15.0 Å². The minimum atomic E-state index is -0.363. The third kappa shape index (κ3) is 2.65. The normalized spacial score (nSPS) is 11.5. The molecule has 0 saturated carbocycles. The number of thiazole rings is 1. The number of hydrogen-bond acceptors (Lipinski definition) is 6. The summed E-state index contributed by atoms with van der Waals surface area (Å²) in [7, 11) is 0. The van der Waals surface area contributed by atoms with Gasteiger partial charge in [0.05, 0.1) is 11.7 Å². The Morgan fingerprint density at radius 1 is 1.41 bits per heavy atom. The zero-order valence-corrected chi connectivity index (χ0v) is 11.0. The van der Waals surface area contributed by atoms with Crippen molar-refractivity contribution in [2.24, 2.45) is 0 Å². The van der Waals surface area contributed by atoms with Gasteiger partial charge < -0.3 is 11.1 Å². The Bertz CT molecular complexity index is 511. The molecule has 0 saturated heterocycles. The molecule has 0 amide bonds. The SMILES string of the molecule is CC(C)(Nc1nc(N)ncc1Cl)c1nccs1. The van der Waals surface area contributed by atoms with E-state index in [0.717, 1.165) is 5.01 Å². The number of hydrogen-bond donors (Lipinski definition) is 2. The van der Waals surface area contributed by atoms with E-state index in [4.69, 9.17) is 17.3 Å². The average molecular weight is 270 g/mol. The van der Waals surface area contributed by atoms with Gasteiger partial charge in [-0.3, -0.25) is 0 Å². The zero-order valence-electron chi connectivity index (χ0n) is 9.44. The second-order valence-corrected chi connectivity index (χ2v) is 5.31. The van der Waals surface area contributed by atoms with Gasteiger partial charge in [-0.2, -0.15) is 4.98 Å². The van der Waals surface area contributed by atoms with Crippen LogP contribution in [0, 0.1) is 0 Å². The van der Waals surface area contributed by atoms with Crippen LogP contribution in [0.3, 0.4) is 0 Å². The summed E-state index contributed by atoms with van der Waals surface area (Å²) in [6.45, 7) is 4.00. The molecule has 0 aliphatic rings. The lowest BCUT2D eigenvalue weighted by Crippen LogP contribution is -2.28. The minimum absolute atomic E-state index is 0.187. The van der Waals surface area contributed by atoms with Crippen LogP contribution in [0.4, 0.5) is 11.8 Å². The van der Waals surface area contributed by atoms with Crippen LogP contribution in [0.25, 0.3) is 0 Å².